The third-order valence-electron chi connectivity index (χ3n) is 6.99. The van der Waals surface area contributed by atoms with E-state index in [9.17, 15) is 4.79 Å². The molecule has 1 saturated carbocycles. The largest absolute Gasteiger partial charge is 0.464 e. The molecule has 0 amide bonds. The minimum Gasteiger partial charge on any atom is -0.464 e. The monoisotopic (exact) mass is 488 g/mol. The molecule has 0 bridgehead atoms. The van der Waals surface area contributed by atoms with Gasteiger partial charge in [0.1, 0.15) is 5.52 Å². The molecule has 6 rings (SSSR count). The molecule has 0 spiro atoms. The minimum absolute atomic E-state index is 0.114. The van der Waals surface area contributed by atoms with Crippen LogP contribution in [0.4, 0.5) is 11.5 Å². The Morgan fingerprint density at radius 1 is 1.14 bits per heavy atom. The second kappa shape index (κ2) is 8.98. The van der Waals surface area contributed by atoms with Gasteiger partial charge in [0, 0.05) is 37.9 Å². The fourth-order valence-electron chi connectivity index (χ4n) is 4.80. The van der Waals surface area contributed by atoms with Crippen LogP contribution in [0.1, 0.15) is 59.5 Å². The highest BCUT2D eigenvalue weighted by Crippen LogP contribution is 2.44. The molecule has 36 heavy (non-hydrogen) atoms. The number of hydrogen-bond donors (Lipinski definition) is 1. The van der Waals surface area contributed by atoms with Crippen LogP contribution in [0.15, 0.2) is 24.9 Å². The molecule has 11 nitrogen and oxygen atoms in total. The number of nitrogens with one attached hydrogen (secondary N) is 1. The van der Waals surface area contributed by atoms with E-state index in [-0.39, 0.29) is 17.7 Å². The van der Waals surface area contributed by atoms with E-state index in [1.807, 2.05) is 23.2 Å². The number of aromatic nitrogens is 7. The van der Waals surface area contributed by atoms with Crippen molar-refractivity contribution in [1.29, 1.82) is 0 Å². The number of imidazole rings is 1. The summed E-state index contributed by atoms with van der Waals surface area (Å²) in [5.74, 6) is 0.0669. The number of methoxy groups -OCH3 is 1. The van der Waals surface area contributed by atoms with Gasteiger partial charge in [-0.1, -0.05) is 0 Å². The molecular weight excluding hydrogens is 460 g/mol. The number of aryl methyl sites for hydroxylation is 1. The molecule has 4 aromatic rings. The number of carbonyl (C=O) groups excluding carboxylic acids is 1. The van der Waals surface area contributed by atoms with E-state index in [1.165, 1.54) is 7.11 Å². The van der Waals surface area contributed by atoms with Crippen molar-refractivity contribution in [2.75, 3.05) is 25.6 Å². The first kappa shape index (κ1) is 22.6. The molecule has 4 aromatic heterocycles. The molecule has 186 valence electrons. The number of rotatable bonds is 6. The van der Waals surface area contributed by atoms with Gasteiger partial charge < -0.3 is 19.4 Å². The highest BCUT2D eigenvalue weighted by molar-refractivity contribution is 5.96. The maximum atomic E-state index is 12.9. The van der Waals surface area contributed by atoms with Gasteiger partial charge >= 0.3 is 5.97 Å². The Hall–Kier alpha value is -3.86. The van der Waals surface area contributed by atoms with Crippen molar-refractivity contribution in [3.63, 3.8) is 0 Å². The standard InChI is InChI=1S/C25H28N8O3/c1-14-18(11-28-33(14)16-6-8-36-9-7-16)29-24-23(25(34)35-3)30-22(20(31-24)15-4-5-15)17-10-26-12-19-21(17)27-13-32(19)2/h10-13,15-16H,4-9H2,1-3H3,(H,29,31). The highest BCUT2D eigenvalue weighted by atomic mass is 16.5. The number of ether oxygens (including phenoxy) is 2. The van der Waals surface area contributed by atoms with Crippen molar-refractivity contribution in [2.45, 2.75) is 44.6 Å². The second-order valence-electron chi connectivity index (χ2n) is 9.39. The van der Waals surface area contributed by atoms with Crippen molar-refractivity contribution in [1.82, 2.24) is 34.3 Å². The van der Waals surface area contributed by atoms with Gasteiger partial charge in [0.05, 0.1) is 60.2 Å². The van der Waals surface area contributed by atoms with E-state index in [1.54, 1.807) is 24.9 Å². The SMILES string of the molecule is COC(=O)c1nc(-c2cncc3c2ncn3C)c(C2CC2)nc1Nc1cnn(C2CCOCC2)c1C. The fourth-order valence-corrected chi connectivity index (χ4v) is 4.80. The van der Waals surface area contributed by atoms with Gasteiger partial charge in [-0.15, -0.1) is 0 Å². The number of pyridine rings is 1. The van der Waals surface area contributed by atoms with Crippen LogP contribution in [0.5, 0.6) is 0 Å². The molecule has 0 unspecified atom stereocenters. The summed E-state index contributed by atoms with van der Waals surface area (Å²) in [6.07, 6.45) is 10.9. The first-order valence-electron chi connectivity index (χ1n) is 12.2. The van der Waals surface area contributed by atoms with Crippen LogP contribution in [0, 0.1) is 6.92 Å². The minimum atomic E-state index is -0.566. The van der Waals surface area contributed by atoms with Crippen LogP contribution >= 0.6 is 0 Å². The predicted octanol–water partition coefficient (Wildman–Crippen LogP) is 3.69. The Morgan fingerprint density at radius 3 is 2.69 bits per heavy atom. The molecular formula is C25H28N8O3. The van der Waals surface area contributed by atoms with E-state index < -0.39 is 5.97 Å². The zero-order chi connectivity index (χ0) is 24.8. The van der Waals surface area contributed by atoms with Gasteiger partial charge in [0.25, 0.3) is 0 Å². The van der Waals surface area contributed by atoms with Gasteiger partial charge in [0.15, 0.2) is 11.5 Å². The number of esters is 1. The summed E-state index contributed by atoms with van der Waals surface area (Å²) in [5.41, 5.74) is 5.73. The quantitative estimate of drug-likeness (QED) is 0.405. The number of anilines is 2. The third kappa shape index (κ3) is 3.89. The van der Waals surface area contributed by atoms with Crippen LogP contribution in [0.3, 0.4) is 0 Å². The number of fused-ring (bicyclic) bond motifs is 1. The lowest BCUT2D eigenvalue weighted by Gasteiger charge is -2.23. The van der Waals surface area contributed by atoms with Crippen LogP contribution < -0.4 is 5.32 Å². The van der Waals surface area contributed by atoms with E-state index >= 15 is 0 Å². The van der Waals surface area contributed by atoms with Crippen molar-refractivity contribution < 1.29 is 14.3 Å². The maximum absolute atomic E-state index is 12.9. The van der Waals surface area contributed by atoms with Crippen molar-refractivity contribution in [3.8, 4) is 11.3 Å². The zero-order valence-corrected chi connectivity index (χ0v) is 20.6. The Balaban J connectivity index is 1.45. The van der Waals surface area contributed by atoms with Crippen LogP contribution in [-0.4, -0.2) is 60.6 Å². The molecule has 0 radical (unpaired) electrons. The molecule has 1 N–H and O–H groups in total. The number of hydrogen-bond acceptors (Lipinski definition) is 9. The third-order valence-corrected chi connectivity index (χ3v) is 6.99. The molecule has 1 saturated heterocycles. The Kier molecular flexibility index (Phi) is 5.63. The normalized spacial score (nSPS) is 16.4. The van der Waals surface area contributed by atoms with E-state index in [0.717, 1.165) is 72.6 Å². The topological polar surface area (TPSA) is 122 Å². The highest BCUT2D eigenvalue weighted by Gasteiger charge is 2.33. The van der Waals surface area contributed by atoms with Gasteiger partial charge in [-0.3, -0.25) is 9.67 Å². The number of carbonyl (C=O) groups is 1. The predicted molar refractivity (Wildman–Crippen MR) is 132 cm³/mol. The van der Waals surface area contributed by atoms with E-state index in [0.29, 0.717) is 11.5 Å². The zero-order valence-electron chi connectivity index (χ0n) is 20.6. The lowest BCUT2D eigenvalue weighted by molar-refractivity contribution is 0.0594. The summed E-state index contributed by atoms with van der Waals surface area (Å²) in [5, 5.41) is 7.95. The molecule has 2 aliphatic rings. The molecule has 5 heterocycles. The van der Waals surface area contributed by atoms with Crippen LogP contribution in [0.25, 0.3) is 22.3 Å². The summed E-state index contributed by atoms with van der Waals surface area (Å²) >= 11 is 0. The summed E-state index contributed by atoms with van der Waals surface area (Å²) in [6.45, 7) is 3.48. The van der Waals surface area contributed by atoms with Crippen LogP contribution in [-0.2, 0) is 16.5 Å². The van der Waals surface area contributed by atoms with Gasteiger partial charge in [0.2, 0.25) is 0 Å². The van der Waals surface area contributed by atoms with E-state index in [4.69, 9.17) is 19.4 Å². The summed E-state index contributed by atoms with van der Waals surface area (Å²) in [7, 11) is 3.27. The maximum Gasteiger partial charge on any atom is 0.360 e. The van der Waals surface area contributed by atoms with Gasteiger partial charge in [-0.2, -0.15) is 5.10 Å². The summed E-state index contributed by atoms with van der Waals surface area (Å²) in [6, 6.07) is 0.288. The Morgan fingerprint density at radius 2 is 1.94 bits per heavy atom. The average molecular weight is 489 g/mol. The van der Waals surface area contributed by atoms with Crippen molar-refractivity contribution in [3.05, 3.63) is 42.0 Å². The van der Waals surface area contributed by atoms with E-state index in [2.05, 4.69) is 20.4 Å². The molecule has 2 fully saturated rings. The second-order valence-corrected chi connectivity index (χ2v) is 9.39. The molecule has 0 aromatic carbocycles. The summed E-state index contributed by atoms with van der Waals surface area (Å²) in [4.78, 5) is 31.6. The Labute approximate surface area is 207 Å². The molecule has 0 atom stereocenters. The number of nitrogens with zero attached hydrogens (tertiary/aromatic N) is 7. The van der Waals surface area contributed by atoms with Gasteiger partial charge in [-0.25, -0.2) is 19.7 Å². The average Bonchev–Trinajstić information content (AvgIpc) is 3.60. The lowest BCUT2D eigenvalue weighted by Crippen LogP contribution is -2.21. The van der Waals surface area contributed by atoms with Gasteiger partial charge in [-0.05, 0) is 32.6 Å². The molecule has 11 heteroatoms. The van der Waals surface area contributed by atoms with Crippen LogP contribution in [0.2, 0.25) is 0 Å². The smallest absolute Gasteiger partial charge is 0.360 e. The molecule has 1 aliphatic carbocycles. The first-order valence-corrected chi connectivity index (χ1v) is 12.2. The lowest BCUT2D eigenvalue weighted by atomic mass is 10.1. The summed E-state index contributed by atoms with van der Waals surface area (Å²) < 4.78 is 14.5. The molecule has 1 aliphatic heterocycles. The van der Waals surface area contributed by atoms with Crippen molar-refractivity contribution >= 4 is 28.5 Å². The Bertz CT molecular complexity index is 1450. The fraction of sp³-hybridized carbons (Fsp3) is 0.440. The van der Waals surface area contributed by atoms with Crippen molar-refractivity contribution in [2.24, 2.45) is 7.05 Å². The first-order chi connectivity index (χ1) is 17.5.